The lowest BCUT2D eigenvalue weighted by Gasteiger charge is -2.35. The summed E-state index contributed by atoms with van der Waals surface area (Å²) < 4.78 is 32.6. The fraction of sp³-hybridized carbons (Fsp3) is 0.600. The first-order valence-electron chi connectivity index (χ1n) is 10.2. The summed E-state index contributed by atoms with van der Waals surface area (Å²) >= 11 is 7.75. The van der Waals surface area contributed by atoms with E-state index in [1.807, 2.05) is 19.1 Å². The number of halogens is 1. The Morgan fingerprint density at radius 1 is 1.33 bits per heavy atom. The molecule has 2 unspecified atom stereocenters. The normalized spacial score (nSPS) is 23.2. The molecule has 1 amide bonds. The number of benzene rings is 1. The average Bonchev–Trinajstić information content (AvgIpc) is 3.38. The van der Waals surface area contributed by atoms with Crippen molar-refractivity contribution in [1.29, 1.82) is 0 Å². The number of rotatable bonds is 5. The Labute approximate surface area is 186 Å². The minimum atomic E-state index is -3.48. The van der Waals surface area contributed by atoms with Crippen molar-refractivity contribution < 1.29 is 17.9 Å². The zero-order valence-corrected chi connectivity index (χ0v) is 19.5. The molecule has 4 rings (SSSR count). The predicted octanol–water partition coefficient (Wildman–Crippen LogP) is 3.58. The van der Waals surface area contributed by atoms with E-state index in [0.29, 0.717) is 36.3 Å². The number of nitrogens with zero attached hydrogens (tertiary/aromatic N) is 3. The summed E-state index contributed by atoms with van der Waals surface area (Å²) in [7, 11) is -3.48. The Balaban J connectivity index is 1.73. The minimum Gasteiger partial charge on any atom is -0.376 e. The summed E-state index contributed by atoms with van der Waals surface area (Å²) in [5, 5.41) is 1.14. The van der Waals surface area contributed by atoms with Gasteiger partial charge in [0.1, 0.15) is 6.04 Å². The van der Waals surface area contributed by atoms with Crippen molar-refractivity contribution in [2.75, 3.05) is 30.9 Å². The molecule has 2 aliphatic rings. The van der Waals surface area contributed by atoms with Crippen LogP contribution in [0.25, 0.3) is 10.2 Å². The number of anilines is 1. The van der Waals surface area contributed by atoms with Crippen molar-refractivity contribution in [2.45, 2.75) is 51.2 Å². The van der Waals surface area contributed by atoms with Gasteiger partial charge in [0.25, 0.3) is 0 Å². The molecule has 2 atom stereocenters. The molecule has 0 spiro atoms. The SMILES string of the molecule is Cc1ccc(Cl)c2sc(N(CC3CCCO3)C(=O)C3CCCCN3S(C)(=O)=O)nc12. The molecule has 2 aromatic rings. The second-order valence-electron chi connectivity index (χ2n) is 8.01. The molecular formula is C20H26ClN3O4S2. The summed E-state index contributed by atoms with van der Waals surface area (Å²) in [5.41, 5.74) is 1.76. The van der Waals surface area contributed by atoms with Gasteiger partial charge in [-0.15, -0.1) is 0 Å². The second kappa shape index (κ2) is 8.70. The molecule has 30 heavy (non-hydrogen) atoms. The van der Waals surface area contributed by atoms with Crippen molar-refractivity contribution in [3.8, 4) is 0 Å². The number of ether oxygens (including phenoxy) is 1. The van der Waals surface area contributed by atoms with Crippen LogP contribution in [0.2, 0.25) is 5.02 Å². The number of piperidine rings is 1. The molecular weight excluding hydrogens is 446 g/mol. The largest absolute Gasteiger partial charge is 0.376 e. The number of aryl methyl sites for hydroxylation is 1. The van der Waals surface area contributed by atoms with E-state index in [1.54, 1.807) is 4.90 Å². The summed E-state index contributed by atoms with van der Waals surface area (Å²) in [6.45, 7) is 3.37. The number of fused-ring (bicyclic) bond motifs is 1. The van der Waals surface area contributed by atoms with E-state index < -0.39 is 16.1 Å². The maximum Gasteiger partial charge on any atom is 0.247 e. The summed E-state index contributed by atoms with van der Waals surface area (Å²) in [6, 6.07) is 3.03. The van der Waals surface area contributed by atoms with Gasteiger partial charge in [0.15, 0.2) is 5.13 Å². The zero-order valence-electron chi connectivity index (χ0n) is 17.1. The first-order valence-corrected chi connectivity index (χ1v) is 13.3. The van der Waals surface area contributed by atoms with Crippen LogP contribution in [0.1, 0.15) is 37.7 Å². The third kappa shape index (κ3) is 4.36. The van der Waals surface area contributed by atoms with E-state index in [2.05, 4.69) is 0 Å². The average molecular weight is 472 g/mol. The maximum absolute atomic E-state index is 13.7. The second-order valence-corrected chi connectivity index (χ2v) is 11.3. The Hall–Kier alpha value is -1.26. The lowest BCUT2D eigenvalue weighted by atomic mass is 10.0. The first-order chi connectivity index (χ1) is 14.3. The van der Waals surface area contributed by atoms with E-state index in [-0.39, 0.29) is 12.0 Å². The molecule has 0 bridgehead atoms. The lowest BCUT2D eigenvalue weighted by Crippen LogP contribution is -2.54. The van der Waals surface area contributed by atoms with Crippen LogP contribution in [0.15, 0.2) is 12.1 Å². The fourth-order valence-electron chi connectivity index (χ4n) is 4.19. The smallest absolute Gasteiger partial charge is 0.247 e. The number of thiazole rings is 1. The maximum atomic E-state index is 13.7. The lowest BCUT2D eigenvalue weighted by molar-refractivity contribution is -0.123. The van der Waals surface area contributed by atoms with Crippen LogP contribution < -0.4 is 4.90 Å². The highest BCUT2D eigenvalue weighted by atomic mass is 35.5. The topological polar surface area (TPSA) is 79.8 Å². The van der Waals surface area contributed by atoms with Crippen LogP contribution in [-0.4, -0.2) is 61.7 Å². The minimum absolute atomic E-state index is 0.0761. The Bertz CT molecular complexity index is 1010. The van der Waals surface area contributed by atoms with Crippen molar-refractivity contribution in [3.05, 3.63) is 22.7 Å². The molecule has 2 saturated heterocycles. The van der Waals surface area contributed by atoms with E-state index in [4.69, 9.17) is 21.3 Å². The van der Waals surface area contributed by atoms with Gasteiger partial charge in [-0.1, -0.05) is 35.4 Å². The summed E-state index contributed by atoms with van der Waals surface area (Å²) in [6.07, 6.45) is 5.01. The number of amides is 1. The van der Waals surface area contributed by atoms with Crippen molar-refractivity contribution in [2.24, 2.45) is 0 Å². The van der Waals surface area contributed by atoms with Crippen LogP contribution in [-0.2, 0) is 19.6 Å². The zero-order chi connectivity index (χ0) is 21.5. The van der Waals surface area contributed by atoms with Gasteiger partial charge < -0.3 is 4.74 Å². The van der Waals surface area contributed by atoms with Crippen LogP contribution in [0.5, 0.6) is 0 Å². The third-order valence-corrected chi connectivity index (χ3v) is 8.59. The molecule has 10 heteroatoms. The van der Waals surface area contributed by atoms with Gasteiger partial charge in [-0.25, -0.2) is 13.4 Å². The monoisotopic (exact) mass is 471 g/mol. The number of carbonyl (C=O) groups is 1. The van der Waals surface area contributed by atoms with Gasteiger partial charge in [0, 0.05) is 13.2 Å². The Kier molecular flexibility index (Phi) is 6.37. The highest BCUT2D eigenvalue weighted by molar-refractivity contribution is 7.88. The van der Waals surface area contributed by atoms with Gasteiger partial charge in [-0.05, 0) is 44.2 Å². The Morgan fingerprint density at radius 2 is 2.13 bits per heavy atom. The molecule has 3 heterocycles. The predicted molar refractivity (Wildman–Crippen MR) is 120 cm³/mol. The number of sulfonamides is 1. The van der Waals surface area contributed by atoms with E-state index in [9.17, 15) is 13.2 Å². The summed E-state index contributed by atoms with van der Waals surface area (Å²) in [5.74, 6) is -0.233. The number of carbonyl (C=O) groups excluding carboxylic acids is 1. The van der Waals surface area contributed by atoms with Crippen LogP contribution in [0, 0.1) is 6.92 Å². The molecule has 2 fully saturated rings. The molecule has 7 nitrogen and oxygen atoms in total. The molecule has 2 aliphatic heterocycles. The first kappa shape index (κ1) is 22.0. The van der Waals surface area contributed by atoms with Crippen LogP contribution in [0.4, 0.5) is 5.13 Å². The van der Waals surface area contributed by atoms with Crippen molar-refractivity contribution in [1.82, 2.24) is 9.29 Å². The molecule has 164 valence electrons. The van der Waals surface area contributed by atoms with Crippen LogP contribution >= 0.6 is 22.9 Å². The van der Waals surface area contributed by atoms with E-state index in [1.165, 1.54) is 21.9 Å². The molecule has 1 aromatic heterocycles. The standard InChI is InChI=1S/C20H26ClN3O4S2/c1-13-8-9-15(21)18-17(13)22-20(29-18)23(12-14-6-5-11-28-14)19(25)16-7-3-4-10-24(16)30(2,26)27/h8-9,14,16H,3-7,10-12H2,1-2H3. The van der Waals surface area contributed by atoms with Crippen molar-refractivity contribution >= 4 is 54.2 Å². The molecule has 0 aliphatic carbocycles. The molecule has 1 aromatic carbocycles. The van der Waals surface area contributed by atoms with Gasteiger partial charge >= 0.3 is 0 Å². The number of hydrogen-bond donors (Lipinski definition) is 0. The summed E-state index contributed by atoms with van der Waals surface area (Å²) in [4.78, 5) is 20.1. The van der Waals surface area contributed by atoms with Crippen LogP contribution in [0.3, 0.4) is 0 Å². The van der Waals surface area contributed by atoms with E-state index >= 15 is 0 Å². The van der Waals surface area contributed by atoms with E-state index in [0.717, 1.165) is 41.5 Å². The number of hydrogen-bond acceptors (Lipinski definition) is 6. The van der Waals surface area contributed by atoms with Crippen molar-refractivity contribution in [3.63, 3.8) is 0 Å². The van der Waals surface area contributed by atoms with Gasteiger partial charge in [0.05, 0.1) is 34.1 Å². The third-order valence-electron chi connectivity index (χ3n) is 5.76. The Morgan fingerprint density at radius 3 is 2.80 bits per heavy atom. The fourth-order valence-corrected chi connectivity index (χ4v) is 6.64. The van der Waals surface area contributed by atoms with Gasteiger partial charge in [-0.2, -0.15) is 4.31 Å². The highest BCUT2D eigenvalue weighted by Gasteiger charge is 2.39. The van der Waals surface area contributed by atoms with Gasteiger partial charge in [0.2, 0.25) is 15.9 Å². The molecule has 0 radical (unpaired) electrons. The molecule has 0 N–H and O–H groups in total. The molecule has 0 saturated carbocycles. The quantitative estimate of drug-likeness (QED) is 0.665. The highest BCUT2D eigenvalue weighted by Crippen LogP contribution is 2.37. The van der Waals surface area contributed by atoms with Gasteiger partial charge in [-0.3, -0.25) is 9.69 Å². The number of aromatic nitrogens is 1.